The van der Waals surface area contributed by atoms with E-state index in [0.717, 1.165) is 22.7 Å². The van der Waals surface area contributed by atoms with E-state index in [9.17, 15) is 0 Å². The number of rotatable bonds is 7. The molecule has 268 valence electrons. The Balaban J connectivity index is 1.18. The van der Waals surface area contributed by atoms with Crippen LogP contribution in [-0.4, -0.2) is 4.57 Å². The first kappa shape index (κ1) is 33.2. The molecule has 0 aliphatic carbocycles. The van der Waals surface area contributed by atoms with Crippen molar-refractivity contribution in [2.45, 2.75) is 0 Å². The Morgan fingerprint density at radius 3 is 1.58 bits per heavy atom. The van der Waals surface area contributed by atoms with Gasteiger partial charge in [-0.3, -0.25) is 0 Å². The second-order valence-electron chi connectivity index (χ2n) is 14.5. The number of benzene rings is 9. The molecule has 0 aliphatic heterocycles. The molecule has 3 heteroatoms. The van der Waals surface area contributed by atoms with Crippen LogP contribution < -0.4 is 4.90 Å². The smallest absolute Gasteiger partial charge is 0.0547 e. The average molecular weight is 745 g/mol. The van der Waals surface area contributed by atoms with E-state index in [4.69, 9.17) is 0 Å². The van der Waals surface area contributed by atoms with Crippen molar-refractivity contribution in [3.63, 3.8) is 0 Å². The first-order valence-electron chi connectivity index (χ1n) is 19.4. The summed E-state index contributed by atoms with van der Waals surface area (Å²) in [5, 5.41) is 5.01. The lowest BCUT2D eigenvalue weighted by molar-refractivity contribution is 1.18. The van der Waals surface area contributed by atoms with Gasteiger partial charge in [0.15, 0.2) is 0 Å². The van der Waals surface area contributed by atoms with E-state index in [0.29, 0.717) is 0 Å². The minimum Gasteiger partial charge on any atom is -0.310 e. The van der Waals surface area contributed by atoms with Gasteiger partial charge in [0.05, 0.1) is 16.7 Å². The second-order valence-corrected chi connectivity index (χ2v) is 15.6. The lowest BCUT2D eigenvalue weighted by Crippen LogP contribution is -2.11. The summed E-state index contributed by atoms with van der Waals surface area (Å²) in [4.78, 5) is 2.47. The molecule has 2 heterocycles. The molecular weight excluding hydrogens is 709 g/mol. The third kappa shape index (κ3) is 5.71. The Labute approximate surface area is 335 Å². The Kier molecular flexibility index (Phi) is 8.04. The van der Waals surface area contributed by atoms with Crippen LogP contribution in [0.3, 0.4) is 0 Å². The predicted octanol–water partition coefficient (Wildman–Crippen LogP) is 15.6. The summed E-state index contributed by atoms with van der Waals surface area (Å²) < 4.78 is 4.96. The molecule has 11 rings (SSSR count). The average Bonchev–Trinajstić information content (AvgIpc) is 3.83. The van der Waals surface area contributed by atoms with Crippen molar-refractivity contribution in [3.05, 3.63) is 218 Å². The largest absolute Gasteiger partial charge is 0.310 e. The summed E-state index contributed by atoms with van der Waals surface area (Å²) >= 11 is 1.86. The van der Waals surface area contributed by atoms with E-state index in [-0.39, 0.29) is 0 Å². The van der Waals surface area contributed by atoms with Crippen LogP contribution in [0.4, 0.5) is 17.1 Å². The van der Waals surface area contributed by atoms with Crippen LogP contribution >= 0.6 is 11.3 Å². The molecule has 0 bridgehead atoms. The quantitative estimate of drug-likeness (QED) is 0.158. The highest BCUT2D eigenvalue weighted by molar-refractivity contribution is 7.26. The van der Waals surface area contributed by atoms with Crippen LogP contribution in [0.5, 0.6) is 0 Å². The fraction of sp³-hybridized carbons (Fsp3) is 0. The number of hydrogen-bond acceptors (Lipinski definition) is 2. The molecule has 0 unspecified atom stereocenters. The molecule has 0 saturated heterocycles. The highest BCUT2D eigenvalue weighted by Gasteiger charge is 2.23. The van der Waals surface area contributed by atoms with Gasteiger partial charge in [-0.25, -0.2) is 0 Å². The first-order valence-corrected chi connectivity index (χ1v) is 20.2. The fourth-order valence-corrected chi connectivity index (χ4v) is 9.67. The van der Waals surface area contributed by atoms with Crippen molar-refractivity contribution in [3.8, 4) is 39.1 Å². The molecule has 0 fully saturated rings. The maximum Gasteiger partial charge on any atom is 0.0547 e. The molecule has 0 spiro atoms. The summed E-state index contributed by atoms with van der Waals surface area (Å²) in [7, 11) is 0. The maximum atomic E-state index is 2.47. The number of fused-ring (bicyclic) bond motifs is 6. The Hall–Kier alpha value is -7.20. The topological polar surface area (TPSA) is 8.17 Å². The molecule has 0 aliphatic rings. The second kappa shape index (κ2) is 13.8. The van der Waals surface area contributed by atoms with Gasteiger partial charge < -0.3 is 9.47 Å². The molecule has 2 nitrogen and oxygen atoms in total. The minimum atomic E-state index is 1.10. The van der Waals surface area contributed by atoms with Crippen LogP contribution in [0, 0.1) is 0 Å². The molecule has 0 N–H and O–H groups in total. The number of para-hydroxylation sites is 2. The van der Waals surface area contributed by atoms with E-state index in [1.54, 1.807) is 0 Å². The van der Waals surface area contributed by atoms with Crippen molar-refractivity contribution in [1.82, 2.24) is 4.57 Å². The van der Waals surface area contributed by atoms with Gasteiger partial charge >= 0.3 is 0 Å². The molecule has 0 atom stereocenters. The number of anilines is 3. The monoisotopic (exact) mass is 744 g/mol. The maximum absolute atomic E-state index is 2.47. The number of nitrogens with zero attached hydrogens (tertiary/aromatic N) is 2. The van der Waals surface area contributed by atoms with Crippen molar-refractivity contribution in [1.29, 1.82) is 0 Å². The van der Waals surface area contributed by atoms with Crippen LogP contribution in [0.15, 0.2) is 218 Å². The van der Waals surface area contributed by atoms with Gasteiger partial charge in [0.2, 0.25) is 0 Å². The third-order valence-corrected chi connectivity index (χ3v) is 12.3. The molecule has 9 aromatic carbocycles. The van der Waals surface area contributed by atoms with Crippen molar-refractivity contribution >= 4 is 70.4 Å². The van der Waals surface area contributed by atoms with Gasteiger partial charge in [0.25, 0.3) is 0 Å². The molecule has 0 saturated carbocycles. The van der Waals surface area contributed by atoms with Gasteiger partial charge in [-0.1, -0.05) is 152 Å². The van der Waals surface area contributed by atoms with Crippen LogP contribution in [0.1, 0.15) is 0 Å². The van der Waals surface area contributed by atoms with E-state index in [1.165, 1.54) is 75.4 Å². The van der Waals surface area contributed by atoms with E-state index in [2.05, 4.69) is 228 Å². The van der Waals surface area contributed by atoms with Crippen molar-refractivity contribution in [2.75, 3.05) is 4.90 Å². The number of thiophene rings is 1. The number of hydrogen-bond donors (Lipinski definition) is 0. The molecule has 0 amide bonds. The zero-order valence-electron chi connectivity index (χ0n) is 31.1. The molecular formula is C54H36N2S. The van der Waals surface area contributed by atoms with E-state index >= 15 is 0 Å². The van der Waals surface area contributed by atoms with E-state index in [1.807, 2.05) is 11.3 Å². The lowest BCUT2D eigenvalue weighted by Gasteiger charge is -2.29. The summed E-state index contributed by atoms with van der Waals surface area (Å²) in [5.41, 5.74) is 14.1. The van der Waals surface area contributed by atoms with Crippen LogP contribution in [0.25, 0.3) is 81.0 Å². The Morgan fingerprint density at radius 1 is 0.351 bits per heavy atom. The van der Waals surface area contributed by atoms with Gasteiger partial charge in [-0.2, -0.15) is 0 Å². The minimum absolute atomic E-state index is 1.10. The Bertz CT molecular complexity index is 3200. The van der Waals surface area contributed by atoms with Gasteiger partial charge in [0.1, 0.15) is 0 Å². The van der Waals surface area contributed by atoms with Crippen molar-refractivity contribution < 1.29 is 0 Å². The lowest BCUT2D eigenvalue weighted by atomic mass is 9.94. The SMILES string of the molecule is c1ccc(-c2ccc(-c3c(N(c4ccc(-c5ccccc5)cc4)c4ccc5c(c4)c4ccccc4n5-c4ccccc4)ccc4sc5ccccc5c34)cc2)cc1. The fourth-order valence-electron chi connectivity index (χ4n) is 8.56. The molecule has 2 aromatic heterocycles. The van der Waals surface area contributed by atoms with Crippen LogP contribution in [-0.2, 0) is 0 Å². The highest BCUT2D eigenvalue weighted by Crippen LogP contribution is 2.49. The van der Waals surface area contributed by atoms with Gasteiger partial charge in [-0.15, -0.1) is 11.3 Å². The zero-order valence-corrected chi connectivity index (χ0v) is 31.9. The van der Waals surface area contributed by atoms with Gasteiger partial charge in [0, 0.05) is 53.6 Å². The van der Waals surface area contributed by atoms with Gasteiger partial charge in [-0.05, 0) is 94.5 Å². The zero-order chi connectivity index (χ0) is 37.7. The highest BCUT2D eigenvalue weighted by atomic mass is 32.1. The number of aromatic nitrogens is 1. The standard InChI is InChI=1S/C54H36N2S/c1-4-14-37(15-5-1)39-24-26-41(27-25-39)53-50(34-35-52-54(53)46-21-11-13-23-51(46)57-52)55(43-30-28-40(29-31-43)38-16-6-2-7-17-38)44-32-33-49-47(36-44)45-20-10-12-22-48(45)56(49)42-18-8-3-9-19-42/h1-36H. The van der Waals surface area contributed by atoms with Crippen LogP contribution in [0.2, 0.25) is 0 Å². The first-order chi connectivity index (χ1) is 28.3. The summed E-state index contributed by atoms with van der Waals surface area (Å²) in [5.74, 6) is 0. The van der Waals surface area contributed by atoms with Crippen molar-refractivity contribution in [2.24, 2.45) is 0 Å². The normalized spacial score (nSPS) is 11.5. The summed E-state index contributed by atoms with van der Waals surface area (Å²) in [6.45, 7) is 0. The summed E-state index contributed by atoms with van der Waals surface area (Å²) in [6.07, 6.45) is 0. The molecule has 11 aromatic rings. The predicted molar refractivity (Wildman–Crippen MR) is 245 cm³/mol. The Morgan fingerprint density at radius 2 is 0.877 bits per heavy atom. The molecule has 57 heavy (non-hydrogen) atoms. The summed E-state index contributed by atoms with van der Waals surface area (Å²) in [6, 6.07) is 79.4. The third-order valence-electron chi connectivity index (χ3n) is 11.2. The van der Waals surface area contributed by atoms with E-state index < -0.39 is 0 Å². The molecule has 0 radical (unpaired) electrons.